The van der Waals surface area contributed by atoms with Crippen LogP contribution in [0.4, 0.5) is 0 Å². The molecule has 0 saturated carbocycles. The minimum Gasteiger partial charge on any atom is -0.493 e. The number of ether oxygens (including phenoxy) is 3. The summed E-state index contributed by atoms with van der Waals surface area (Å²) in [6.07, 6.45) is 2.53. The monoisotopic (exact) mass is 381 g/mol. The molecule has 1 N–H and O–H groups in total. The molecule has 1 aromatic heterocycles. The summed E-state index contributed by atoms with van der Waals surface area (Å²) in [5, 5.41) is 0. The van der Waals surface area contributed by atoms with Crippen molar-refractivity contribution in [3.05, 3.63) is 53.9 Å². The molecule has 4 rings (SSSR count). The van der Waals surface area contributed by atoms with E-state index in [2.05, 4.69) is 22.0 Å². The highest BCUT2D eigenvalue weighted by Crippen LogP contribution is 2.28. The number of benzene rings is 2. The topological polar surface area (TPSA) is 59.6 Å². The lowest BCUT2D eigenvalue weighted by atomic mass is 10.1. The summed E-state index contributed by atoms with van der Waals surface area (Å²) >= 11 is 0. The van der Waals surface area contributed by atoms with E-state index in [1.165, 1.54) is 5.56 Å². The number of nitrogens with zero attached hydrogens (tertiary/aromatic N) is 2. The van der Waals surface area contributed by atoms with Crippen molar-refractivity contribution in [2.24, 2.45) is 0 Å². The van der Waals surface area contributed by atoms with E-state index in [1.807, 2.05) is 30.3 Å². The maximum atomic E-state index is 5.88. The van der Waals surface area contributed by atoms with Crippen molar-refractivity contribution in [3.8, 4) is 11.5 Å². The lowest BCUT2D eigenvalue weighted by Gasteiger charge is -2.24. The number of H-pyrrole nitrogens is 1. The van der Waals surface area contributed by atoms with Gasteiger partial charge in [-0.05, 0) is 42.7 Å². The highest BCUT2D eigenvalue weighted by atomic mass is 16.5. The van der Waals surface area contributed by atoms with Crippen molar-refractivity contribution < 1.29 is 14.2 Å². The minimum atomic E-state index is 0.282. The Labute approximate surface area is 165 Å². The van der Waals surface area contributed by atoms with Crippen molar-refractivity contribution in [2.45, 2.75) is 32.0 Å². The van der Waals surface area contributed by atoms with E-state index in [9.17, 15) is 0 Å². The number of methoxy groups -OCH3 is 2. The number of aromatic nitrogens is 2. The maximum Gasteiger partial charge on any atom is 0.161 e. The first kappa shape index (κ1) is 18.8. The molecule has 148 valence electrons. The Bertz CT molecular complexity index is 885. The lowest BCUT2D eigenvalue weighted by Crippen LogP contribution is -2.31. The fourth-order valence-electron chi connectivity index (χ4n) is 3.79. The Balaban J connectivity index is 1.54. The zero-order chi connectivity index (χ0) is 19.3. The smallest absolute Gasteiger partial charge is 0.161 e. The van der Waals surface area contributed by atoms with Gasteiger partial charge in [0.05, 0.1) is 37.9 Å². The molecule has 0 aliphatic carbocycles. The second-order valence-electron chi connectivity index (χ2n) is 7.19. The second-order valence-corrected chi connectivity index (χ2v) is 7.19. The van der Waals surface area contributed by atoms with E-state index in [0.717, 1.165) is 67.4 Å². The Morgan fingerprint density at radius 2 is 1.96 bits per heavy atom. The fourth-order valence-corrected chi connectivity index (χ4v) is 3.79. The summed E-state index contributed by atoms with van der Waals surface area (Å²) in [7, 11) is 3.32. The van der Waals surface area contributed by atoms with Crippen LogP contribution in [0.3, 0.4) is 0 Å². The SMILES string of the molecule is COc1ccc(CN(Cc2nc3ccccc3[nH]2)CC2CCCO2)cc1OC. The third-order valence-corrected chi connectivity index (χ3v) is 5.15. The Hall–Kier alpha value is -2.57. The molecule has 1 aliphatic heterocycles. The number of aromatic amines is 1. The van der Waals surface area contributed by atoms with Gasteiger partial charge in [0.1, 0.15) is 5.82 Å². The molecule has 1 atom stereocenters. The van der Waals surface area contributed by atoms with Crippen molar-refractivity contribution in [3.63, 3.8) is 0 Å². The van der Waals surface area contributed by atoms with Crippen LogP contribution in [-0.2, 0) is 17.8 Å². The molecule has 6 heteroatoms. The van der Waals surface area contributed by atoms with Gasteiger partial charge in [-0.3, -0.25) is 4.90 Å². The number of hydrogen-bond acceptors (Lipinski definition) is 5. The van der Waals surface area contributed by atoms with E-state index in [4.69, 9.17) is 19.2 Å². The molecule has 28 heavy (non-hydrogen) atoms. The van der Waals surface area contributed by atoms with Gasteiger partial charge in [0.2, 0.25) is 0 Å². The second kappa shape index (κ2) is 8.63. The van der Waals surface area contributed by atoms with Crippen molar-refractivity contribution in [1.29, 1.82) is 0 Å². The molecule has 0 radical (unpaired) electrons. The van der Waals surface area contributed by atoms with E-state index in [1.54, 1.807) is 14.2 Å². The predicted molar refractivity (Wildman–Crippen MR) is 109 cm³/mol. The highest BCUT2D eigenvalue weighted by Gasteiger charge is 2.21. The zero-order valence-corrected chi connectivity index (χ0v) is 16.5. The molecule has 6 nitrogen and oxygen atoms in total. The van der Waals surface area contributed by atoms with Crippen LogP contribution in [0.25, 0.3) is 11.0 Å². The molecule has 2 heterocycles. The van der Waals surface area contributed by atoms with Crippen LogP contribution in [0.15, 0.2) is 42.5 Å². The standard InChI is InChI=1S/C22H27N3O3/c1-26-20-10-9-16(12-21(20)27-2)13-25(14-17-6-5-11-28-17)15-22-23-18-7-3-4-8-19(18)24-22/h3-4,7-10,12,17H,5-6,11,13-15H2,1-2H3,(H,23,24). The molecule has 1 unspecified atom stereocenters. The van der Waals surface area contributed by atoms with Crippen molar-refractivity contribution in [1.82, 2.24) is 14.9 Å². The highest BCUT2D eigenvalue weighted by molar-refractivity contribution is 5.74. The van der Waals surface area contributed by atoms with Crippen LogP contribution in [0.1, 0.15) is 24.2 Å². The molecule has 3 aromatic rings. The normalized spacial score (nSPS) is 16.8. The Morgan fingerprint density at radius 1 is 1.11 bits per heavy atom. The van der Waals surface area contributed by atoms with Crippen LogP contribution < -0.4 is 9.47 Å². The zero-order valence-electron chi connectivity index (χ0n) is 16.5. The Kier molecular flexibility index (Phi) is 5.78. The average Bonchev–Trinajstić information content (AvgIpc) is 3.36. The van der Waals surface area contributed by atoms with Gasteiger partial charge in [-0.2, -0.15) is 0 Å². The quantitative estimate of drug-likeness (QED) is 0.644. The molecule has 1 aliphatic rings. The van der Waals surface area contributed by atoms with Gasteiger partial charge in [-0.1, -0.05) is 18.2 Å². The van der Waals surface area contributed by atoms with Gasteiger partial charge >= 0.3 is 0 Å². The summed E-state index contributed by atoms with van der Waals surface area (Å²) in [5.74, 6) is 2.47. The van der Waals surface area contributed by atoms with E-state index < -0.39 is 0 Å². The number of para-hydroxylation sites is 2. The average molecular weight is 381 g/mol. The number of fused-ring (bicyclic) bond motifs is 1. The summed E-state index contributed by atoms with van der Waals surface area (Å²) in [6.45, 7) is 3.27. The van der Waals surface area contributed by atoms with E-state index in [0.29, 0.717) is 0 Å². The van der Waals surface area contributed by atoms with Gasteiger partial charge in [0.15, 0.2) is 11.5 Å². The van der Waals surface area contributed by atoms with Crippen molar-refractivity contribution >= 4 is 11.0 Å². The number of rotatable bonds is 8. The first-order valence-electron chi connectivity index (χ1n) is 9.73. The molecule has 0 spiro atoms. The van der Waals surface area contributed by atoms with E-state index >= 15 is 0 Å². The third kappa shape index (κ3) is 4.29. The molecule has 0 amide bonds. The predicted octanol–water partition coefficient (Wildman–Crippen LogP) is 3.76. The molecule has 2 aromatic carbocycles. The van der Waals surface area contributed by atoms with Gasteiger partial charge in [0.25, 0.3) is 0 Å². The maximum absolute atomic E-state index is 5.88. The first-order valence-corrected chi connectivity index (χ1v) is 9.73. The van der Waals surface area contributed by atoms with Crippen LogP contribution in [0, 0.1) is 0 Å². The summed E-state index contributed by atoms with van der Waals surface area (Å²) in [5.41, 5.74) is 3.24. The van der Waals surface area contributed by atoms with Gasteiger partial charge < -0.3 is 19.2 Å². The summed E-state index contributed by atoms with van der Waals surface area (Å²) < 4.78 is 16.7. The van der Waals surface area contributed by atoms with Gasteiger partial charge in [0, 0.05) is 19.7 Å². The van der Waals surface area contributed by atoms with Gasteiger partial charge in [-0.25, -0.2) is 4.98 Å². The van der Waals surface area contributed by atoms with E-state index in [-0.39, 0.29) is 6.10 Å². The molecular weight excluding hydrogens is 354 g/mol. The van der Waals surface area contributed by atoms with Crippen molar-refractivity contribution in [2.75, 3.05) is 27.4 Å². The first-order chi connectivity index (χ1) is 13.7. The molecule has 1 fully saturated rings. The molecular formula is C22H27N3O3. The minimum absolute atomic E-state index is 0.282. The summed E-state index contributed by atoms with van der Waals surface area (Å²) in [4.78, 5) is 10.6. The lowest BCUT2D eigenvalue weighted by molar-refractivity contribution is 0.0671. The molecule has 1 saturated heterocycles. The number of nitrogens with one attached hydrogen (secondary N) is 1. The molecule has 0 bridgehead atoms. The number of imidazole rings is 1. The van der Waals surface area contributed by atoms with Crippen LogP contribution >= 0.6 is 0 Å². The number of hydrogen-bond donors (Lipinski definition) is 1. The fraction of sp³-hybridized carbons (Fsp3) is 0.409. The third-order valence-electron chi connectivity index (χ3n) is 5.15. The Morgan fingerprint density at radius 3 is 2.71 bits per heavy atom. The summed E-state index contributed by atoms with van der Waals surface area (Å²) in [6, 6.07) is 14.2. The van der Waals surface area contributed by atoms with Crippen LogP contribution in [0.2, 0.25) is 0 Å². The van der Waals surface area contributed by atoms with Gasteiger partial charge in [-0.15, -0.1) is 0 Å². The largest absolute Gasteiger partial charge is 0.493 e. The van der Waals surface area contributed by atoms with Crippen LogP contribution in [-0.4, -0.2) is 48.3 Å². The van der Waals surface area contributed by atoms with Crippen LogP contribution in [0.5, 0.6) is 11.5 Å².